The Bertz CT molecular complexity index is 554. The average molecular weight is 275 g/mol. The van der Waals surface area contributed by atoms with Crippen molar-refractivity contribution in [2.75, 3.05) is 7.11 Å². The van der Waals surface area contributed by atoms with Crippen LogP contribution in [0.5, 0.6) is 5.75 Å². The van der Waals surface area contributed by atoms with Crippen molar-refractivity contribution in [3.63, 3.8) is 0 Å². The smallest absolute Gasteiger partial charge is 0.243 e. The molecule has 1 aromatic carbocycles. The monoisotopic (exact) mass is 275 g/mol. The number of hydrogen-bond donors (Lipinski definition) is 1. The van der Waals surface area contributed by atoms with Gasteiger partial charge in [-0.15, -0.1) is 0 Å². The second-order valence-corrected chi connectivity index (χ2v) is 4.95. The Morgan fingerprint density at radius 2 is 2.10 bits per heavy atom. The fraction of sp³-hybridized carbons (Fsp3) is 0.467. The van der Waals surface area contributed by atoms with Gasteiger partial charge in [0.15, 0.2) is 5.82 Å². The van der Waals surface area contributed by atoms with Crippen LogP contribution in [-0.4, -0.2) is 17.3 Å². The molecule has 0 radical (unpaired) electrons. The van der Waals surface area contributed by atoms with Gasteiger partial charge in [-0.05, 0) is 12.0 Å². The maximum absolute atomic E-state index is 6.09. The van der Waals surface area contributed by atoms with Crippen LogP contribution in [0.15, 0.2) is 28.8 Å². The first-order chi connectivity index (χ1) is 9.65. The molecular formula is C15H21N3O2. The van der Waals surface area contributed by atoms with Crippen LogP contribution in [0.4, 0.5) is 0 Å². The summed E-state index contributed by atoms with van der Waals surface area (Å²) in [7, 11) is 1.65. The quantitative estimate of drug-likeness (QED) is 0.877. The number of para-hydroxylation sites is 1. The van der Waals surface area contributed by atoms with Gasteiger partial charge in [-0.25, -0.2) is 0 Å². The zero-order valence-corrected chi connectivity index (χ0v) is 12.2. The fourth-order valence-electron chi connectivity index (χ4n) is 1.99. The number of hydrogen-bond acceptors (Lipinski definition) is 5. The standard InChI is InChI=1S/C15H21N3O2/c1-4-10(2)14(16)15-17-13(18-20-15)9-11-7-5-6-8-12(11)19-3/h5-8,10,14H,4,9,16H2,1-3H3/t10-,14-/m0/s1. The zero-order valence-electron chi connectivity index (χ0n) is 12.2. The molecule has 0 unspecified atom stereocenters. The molecule has 20 heavy (non-hydrogen) atoms. The van der Waals surface area contributed by atoms with Crippen LogP contribution in [0.2, 0.25) is 0 Å². The van der Waals surface area contributed by atoms with Gasteiger partial charge in [0, 0.05) is 12.0 Å². The van der Waals surface area contributed by atoms with Crippen LogP contribution in [0, 0.1) is 5.92 Å². The maximum Gasteiger partial charge on any atom is 0.243 e. The van der Waals surface area contributed by atoms with Crippen molar-refractivity contribution in [2.45, 2.75) is 32.7 Å². The lowest BCUT2D eigenvalue weighted by Crippen LogP contribution is -2.18. The van der Waals surface area contributed by atoms with E-state index < -0.39 is 0 Å². The summed E-state index contributed by atoms with van der Waals surface area (Å²) >= 11 is 0. The largest absolute Gasteiger partial charge is 0.496 e. The molecule has 0 aliphatic heterocycles. The van der Waals surface area contributed by atoms with Gasteiger partial charge in [0.1, 0.15) is 5.75 Å². The van der Waals surface area contributed by atoms with Gasteiger partial charge < -0.3 is 15.0 Å². The van der Waals surface area contributed by atoms with Crippen LogP contribution in [0.3, 0.4) is 0 Å². The van der Waals surface area contributed by atoms with Crippen LogP contribution in [0.25, 0.3) is 0 Å². The molecule has 0 saturated heterocycles. The van der Waals surface area contributed by atoms with Crippen molar-refractivity contribution in [3.8, 4) is 5.75 Å². The predicted molar refractivity (Wildman–Crippen MR) is 76.5 cm³/mol. The normalized spacial score (nSPS) is 14.0. The number of nitrogens with zero attached hydrogens (tertiary/aromatic N) is 2. The number of nitrogens with two attached hydrogens (primary N) is 1. The molecule has 0 bridgehead atoms. The fourth-order valence-corrected chi connectivity index (χ4v) is 1.99. The van der Waals surface area contributed by atoms with E-state index in [0.29, 0.717) is 24.1 Å². The molecule has 0 fully saturated rings. The van der Waals surface area contributed by atoms with E-state index in [2.05, 4.69) is 24.0 Å². The van der Waals surface area contributed by atoms with Gasteiger partial charge >= 0.3 is 0 Å². The van der Waals surface area contributed by atoms with Gasteiger partial charge in [0.25, 0.3) is 0 Å². The number of methoxy groups -OCH3 is 1. The van der Waals surface area contributed by atoms with E-state index in [1.807, 2.05) is 24.3 Å². The highest BCUT2D eigenvalue weighted by atomic mass is 16.5. The van der Waals surface area contributed by atoms with E-state index in [-0.39, 0.29) is 6.04 Å². The summed E-state index contributed by atoms with van der Waals surface area (Å²) in [5.74, 6) is 2.27. The molecule has 2 rings (SSSR count). The first-order valence-electron chi connectivity index (χ1n) is 6.85. The van der Waals surface area contributed by atoms with Crippen LogP contribution in [0.1, 0.15) is 43.6 Å². The summed E-state index contributed by atoms with van der Waals surface area (Å²) < 4.78 is 10.6. The Labute approximate surface area is 119 Å². The first-order valence-corrected chi connectivity index (χ1v) is 6.85. The molecule has 0 spiro atoms. The summed E-state index contributed by atoms with van der Waals surface area (Å²) in [5.41, 5.74) is 7.12. The third-order valence-electron chi connectivity index (χ3n) is 3.57. The third-order valence-corrected chi connectivity index (χ3v) is 3.57. The van der Waals surface area contributed by atoms with E-state index in [0.717, 1.165) is 17.7 Å². The molecule has 2 N–H and O–H groups in total. The molecule has 0 amide bonds. The number of rotatable bonds is 6. The Kier molecular flexibility index (Phi) is 4.74. The summed E-state index contributed by atoms with van der Waals surface area (Å²) in [6, 6.07) is 7.59. The molecule has 0 aliphatic carbocycles. The molecule has 2 aromatic rings. The van der Waals surface area contributed by atoms with Crippen molar-refractivity contribution < 1.29 is 9.26 Å². The lowest BCUT2D eigenvalue weighted by Gasteiger charge is -2.13. The molecule has 2 atom stereocenters. The Morgan fingerprint density at radius 1 is 1.35 bits per heavy atom. The third kappa shape index (κ3) is 3.17. The molecule has 5 nitrogen and oxygen atoms in total. The molecule has 0 aliphatic rings. The van der Waals surface area contributed by atoms with Crippen molar-refractivity contribution in [3.05, 3.63) is 41.5 Å². The molecule has 108 valence electrons. The zero-order chi connectivity index (χ0) is 14.5. The predicted octanol–water partition coefficient (Wildman–Crippen LogP) is 2.71. The highest BCUT2D eigenvalue weighted by Gasteiger charge is 2.20. The minimum Gasteiger partial charge on any atom is -0.496 e. The maximum atomic E-state index is 6.09. The van der Waals surface area contributed by atoms with E-state index in [4.69, 9.17) is 15.0 Å². The van der Waals surface area contributed by atoms with E-state index >= 15 is 0 Å². The summed E-state index contributed by atoms with van der Waals surface area (Å²) in [4.78, 5) is 4.39. The van der Waals surface area contributed by atoms with Gasteiger partial charge in [0.2, 0.25) is 5.89 Å². The summed E-state index contributed by atoms with van der Waals surface area (Å²) in [5, 5.41) is 4.00. The second-order valence-electron chi connectivity index (χ2n) is 4.95. The summed E-state index contributed by atoms with van der Waals surface area (Å²) in [6.07, 6.45) is 1.55. The highest BCUT2D eigenvalue weighted by Crippen LogP contribution is 2.23. The number of aromatic nitrogens is 2. The van der Waals surface area contributed by atoms with Crippen molar-refractivity contribution in [2.24, 2.45) is 11.7 Å². The average Bonchev–Trinajstić information content (AvgIpc) is 2.94. The molecule has 1 aromatic heterocycles. The van der Waals surface area contributed by atoms with Crippen LogP contribution >= 0.6 is 0 Å². The van der Waals surface area contributed by atoms with Gasteiger partial charge in [-0.3, -0.25) is 0 Å². The van der Waals surface area contributed by atoms with E-state index in [9.17, 15) is 0 Å². The number of ether oxygens (including phenoxy) is 1. The molecule has 5 heteroatoms. The van der Waals surface area contributed by atoms with E-state index in [1.54, 1.807) is 7.11 Å². The Morgan fingerprint density at radius 3 is 2.80 bits per heavy atom. The summed E-state index contributed by atoms with van der Waals surface area (Å²) in [6.45, 7) is 4.17. The van der Waals surface area contributed by atoms with Gasteiger partial charge in [-0.1, -0.05) is 43.6 Å². The molecule has 1 heterocycles. The van der Waals surface area contributed by atoms with Crippen molar-refractivity contribution in [1.82, 2.24) is 10.1 Å². The molecule has 0 saturated carbocycles. The minimum absolute atomic E-state index is 0.209. The lowest BCUT2D eigenvalue weighted by atomic mass is 10.0. The van der Waals surface area contributed by atoms with Crippen molar-refractivity contribution in [1.29, 1.82) is 0 Å². The Hall–Kier alpha value is -1.88. The SMILES string of the molecule is CC[C@H](C)[C@H](N)c1nc(Cc2ccccc2OC)no1. The van der Waals surface area contributed by atoms with Gasteiger partial charge in [0.05, 0.1) is 13.2 Å². The van der Waals surface area contributed by atoms with E-state index in [1.165, 1.54) is 0 Å². The first kappa shape index (κ1) is 14.5. The van der Waals surface area contributed by atoms with Crippen LogP contribution in [-0.2, 0) is 6.42 Å². The topological polar surface area (TPSA) is 74.2 Å². The van der Waals surface area contributed by atoms with Crippen molar-refractivity contribution >= 4 is 0 Å². The minimum atomic E-state index is -0.209. The highest BCUT2D eigenvalue weighted by molar-refractivity contribution is 5.35. The van der Waals surface area contributed by atoms with Crippen LogP contribution < -0.4 is 10.5 Å². The number of benzene rings is 1. The van der Waals surface area contributed by atoms with Gasteiger partial charge in [-0.2, -0.15) is 4.98 Å². The molecular weight excluding hydrogens is 254 g/mol. The lowest BCUT2D eigenvalue weighted by molar-refractivity contribution is 0.310. The second kappa shape index (κ2) is 6.52. The Balaban J connectivity index is 2.13.